The highest BCUT2D eigenvalue weighted by Crippen LogP contribution is 2.15. The van der Waals surface area contributed by atoms with E-state index in [4.69, 9.17) is 4.52 Å². The van der Waals surface area contributed by atoms with Crippen LogP contribution in [0.25, 0.3) is 0 Å². The molecule has 0 radical (unpaired) electrons. The number of aromatic nitrogens is 2. The Bertz CT molecular complexity index is 602. The summed E-state index contributed by atoms with van der Waals surface area (Å²) in [5.74, 6) is 0.560. The number of nitrogens with zero attached hydrogens (tertiary/aromatic N) is 2. The van der Waals surface area contributed by atoms with Gasteiger partial charge in [0, 0.05) is 31.0 Å². The molecule has 0 aliphatic heterocycles. The van der Waals surface area contributed by atoms with E-state index in [-0.39, 0.29) is 5.91 Å². The number of amides is 1. The van der Waals surface area contributed by atoms with Gasteiger partial charge in [0.15, 0.2) is 0 Å². The average Bonchev–Trinajstić information content (AvgIpc) is 2.82. The first kappa shape index (κ1) is 15.0. The van der Waals surface area contributed by atoms with Crippen molar-refractivity contribution in [3.05, 3.63) is 41.0 Å². The van der Waals surface area contributed by atoms with E-state index in [9.17, 15) is 4.79 Å². The summed E-state index contributed by atoms with van der Waals surface area (Å²) in [5, 5.41) is 9.98. The third-order valence-electron chi connectivity index (χ3n) is 3.24. The Kier molecular flexibility index (Phi) is 4.92. The van der Waals surface area contributed by atoms with Crippen molar-refractivity contribution in [1.29, 1.82) is 0 Å². The van der Waals surface area contributed by atoms with Gasteiger partial charge < -0.3 is 15.2 Å². The van der Waals surface area contributed by atoms with Crippen LogP contribution in [0.15, 0.2) is 23.0 Å². The second-order valence-corrected chi connectivity index (χ2v) is 4.83. The van der Waals surface area contributed by atoms with Crippen molar-refractivity contribution >= 4 is 11.6 Å². The predicted octanol–water partition coefficient (Wildman–Crippen LogP) is 2.44. The van der Waals surface area contributed by atoms with Crippen LogP contribution in [-0.2, 0) is 6.54 Å². The van der Waals surface area contributed by atoms with Crippen LogP contribution < -0.4 is 10.6 Å². The van der Waals surface area contributed by atoms with Crippen molar-refractivity contribution in [2.75, 3.05) is 11.9 Å². The first-order valence-corrected chi connectivity index (χ1v) is 7.01. The molecule has 0 atom stereocenters. The number of rotatable bonds is 6. The summed E-state index contributed by atoms with van der Waals surface area (Å²) >= 11 is 0. The van der Waals surface area contributed by atoms with Crippen LogP contribution in [0, 0.1) is 13.8 Å². The van der Waals surface area contributed by atoms with Gasteiger partial charge in [-0.15, -0.1) is 0 Å². The number of pyridine rings is 1. The number of nitrogens with one attached hydrogen (secondary N) is 2. The molecule has 0 aromatic carbocycles. The van der Waals surface area contributed by atoms with E-state index in [1.165, 1.54) is 0 Å². The Hall–Kier alpha value is -2.37. The van der Waals surface area contributed by atoms with Gasteiger partial charge in [-0.1, -0.05) is 12.1 Å². The molecule has 0 bridgehead atoms. The van der Waals surface area contributed by atoms with Gasteiger partial charge in [0.25, 0.3) is 5.91 Å². The minimum absolute atomic E-state index is 0.165. The Labute approximate surface area is 123 Å². The molecule has 2 N–H and O–H groups in total. The minimum Gasteiger partial charge on any atom is -0.384 e. The van der Waals surface area contributed by atoms with E-state index in [1.807, 2.05) is 13.8 Å². The molecule has 0 saturated carbocycles. The molecule has 0 aliphatic rings. The lowest BCUT2D eigenvalue weighted by Gasteiger charge is -2.11. The maximum absolute atomic E-state index is 12.3. The van der Waals surface area contributed by atoms with Crippen molar-refractivity contribution in [2.24, 2.45) is 0 Å². The van der Waals surface area contributed by atoms with Crippen LogP contribution in [0.5, 0.6) is 0 Å². The zero-order chi connectivity index (χ0) is 15.2. The maximum Gasteiger partial charge on any atom is 0.255 e. The van der Waals surface area contributed by atoms with E-state index in [0.717, 1.165) is 35.7 Å². The van der Waals surface area contributed by atoms with Crippen LogP contribution in [0.2, 0.25) is 0 Å². The summed E-state index contributed by atoms with van der Waals surface area (Å²) in [4.78, 5) is 16.3. The van der Waals surface area contributed by atoms with Gasteiger partial charge >= 0.3 is 0 Å². The van der Waals surface area contributed by atoms with Crippen LogP contribution in [0.4, 0.5) is 5.69 Å². The molecule has 2 heterocycles. The number of anilines is 1. The zero-order valence-corrected chi connectivity index (χ0v) is 12.6. The largest absolute Gasteiger partial charge is 0.384 e. The van der Waals surface area contributed by atoms with Gasteiger partial charge in [0.2, 0.25) is 0 Å². The fraction of sp³-hybridized carbons (Fsp3) is 0.400. The average molecular weight is 288 g/mol. The molecule has 0 saturated heterocycles. The number of hydrogen-bond donors (Lipinski definition) is 2. The third kappa shape index (κ3) is 3.59. The SMILES string of the molecule is CCCNc1ccncc1C(=O)NCc1c(C)noc1C. The molecule has 2 aromatic heterocycles. The summed E-state index contributed by atoms with van der Waals surface area (Å²) in [7, 11) is 0. The molecule has 6 nitrogen and oxygen atoms in total. The molecular weight excluding hydrogens is 268 g/mol. The van der Waals surface area contributed by atoms with E-state index in [1.54, 1.807) is 18.5 Å². The fourth-order valence-electron chi connectivity index (χ4n) is 2.01. The second kappa shape index (κ2) is 6.88. The molecule has 1 amide bonds. The summed E-state index contributed by atoms with van der Waals surface area (Å²) in [6.07, 6.45) is 4.23. The molecule has 21 heavy (non-hydrogen) atoms. The highest BCUT2D eigenvalue weighted by molar-refractivity contribution is 5.99. The Balaban J connectivity index is 2.07. The monoisotopic (exact) mass is 288 g/mol. The van der Waals surface area contributed by atoms with Crippen molar-refractivity contribution in [2.45, 2.75) is 33.7 Å². The lowest BCUT2D eigenvalue weighted by molar-refractivity contribution is 0.0951. The Morgan fingerprint density at radius 1 is 1.38 bits per heavy atom. The lowest BCUT2D eigenvalue weighted by atomic mass is 10.2. The van der Waals surface area contributed by atoms with Gasteiger partial charge in [0.05, 0.1) is 16.9 Å². The molecule has 2 aromatic rings. The Morgan fingerprint density at radius 3 is 2.86 bits per heavy atom. The summed E-state index contributed by atoms with van der Waals surface area (Å²) < 4.78 is 5.08. The summed E-state index contributed by atoms with van der Waals surface area (Å²) in [5.41, 5.74) is 3.04. The van der Waals surface area contributed by atoms with Gasteiger partial charge in [0.1, 0.15) is 5.76 Å². The van der Waals surface area contributed by atoms with E-state index < -0.39 is 0 Å². The van der Waals surface area contributed by atoms with Crippen molar-refractivity contribution in [3.8, 4) is 0 Å². The Morgan fingerprint density at radius 2 is 2.19 bits per heavy atom. The highest BCUT2D eigenvalue weighted by atomic mass is 16.5. The summed E-state index contributed by atoms with van der Waals surface area (Å²) in [6.45, 7) is 6.97. The number of carbonyl (C=O) groups excluding carboxylic acids is 1. The molecule has 6 heteroatoms. The number of aryl methyl sites for hydroxylation is 2. The molecule has 112 valence electrons. The van der Waals surface area contributed by atoms with Gasteiger partial charge in [-0.3, -0.25) is 9.78 Å². The normalized spacial score (nSPS) is 10.4. The van der Waals surface area contributed by atoms with E-state index in [2.05, 4.69) is 27.7 Å². The van der Waals surface area contributed by atoms with Crippen molar-refractivity contribution in [3.63, 3.8) is 0 Å². The third-order valence-corrected chi connectivity index (χ3v) is 3.24. The standard InChI is InChI=1S/C15H20N4O2/c1-4-6-17-14-5-7-16-8-13(14)15(20)18-9-12-10(2)19-21-11(12)3/h5,7-8H,4,6,9H2,1-3H3,(H,16,17)(H,18,20). The molecule has 0 unspecified atom stereocenters. The van der Waals surface area contributed by atoms with Gasteiger partial charge in [-0.05, 0) is 26.3 Å². The number of hydrogen-bond acceptors (Lipinski definition) is 5. The van der Waals surface area contributed by atoms with Crippen LogP contribution in [0.1, 0.15) is 40.7 Å². The molecule has 2 rings (SSSR count). The maximum atomic E-state index is 12.3. The number of carbonyl (C=O) groups is 1. The predicted molar refractivity (Wildman–Crippen MR) is 80.2 cm³/mol. The quantitative estimate of drug-likeness (QED) is 0.853. The van der Waals surface area contributed by atoms with Crippen LogP contribution >= 0.6 is 0 Å². The van der Waals surface area contributed by atoms with Gasteiger partial charge in [-0.25, -0.2) is 0 Å². The molecular formula is C15H20N4O2. The summed E-state index contributed by atoms with van der Waals surface area (Å²) in [6, 6.07) is 1.81. The molecule has 0 aliphatic carbocycles. The van der Waals surface area contributed by atoms with E-state index >= 15 is 0 Å². The lowest BCUT2D eigenvalue weighted by Crippen LogP contribution is -2.24. The van der Waals surface area contributed by atoms with Crippen LogP contribution in [0.3, 0.4) is 0 Å². The fourth-order valence-corrected chi connectivity index (χ4v) is 2.01. The van der Waals surface area contributed by atoms with Crippen LogP contribution in [-0.4, -0.2) is 22.6 Å². The molecule has 0 spiro atoms. The van der Waals surface area contributed by atoms with Gasteiger partial charge in [-0.2, -0.15) is 0 Å². The minimum atomic E-state index is -0.165. The second-order valence-electron chi connectivity index (χ2n) is 4.83. The first-order valence-electron chi connectivity index (χ1n) is 7.01. The smallest absolute Gasteiger partial charge is 0.255 e. The van der Waals surface area contributed by atoms with Crippen molar-refractivity contribution in [1.82, 2.24) is 15.5 Å². The first-order chi connectivity index (χ1) is 10.1. The van der Waals surface area contributed by atoms with E-state index in [0.29, 0.717) is 12.1 Å². The molecule has 0 fully saturated rings. The van der Waals surface area contributed by atoms with Crippen molar-refractivity contribution < 1.29 is 9.32 Å². The zero-order valence-electron chi connectivity index (χ0n) is 12.6. The topological polar surface area (TPSA) is 80.0 Å². The highest BCUT2D eigenvalue weighted by Gasteiger charge is 2.14.